The minimum atomic E-state index is 0.366. The van der Waals surface area contributed by atoms with Crippen LogP contribution >= 0.6 is 0 Å². The summed E-state index contributed by atoms with van der Waals surface area (Å²) in [6.45, 7) is 4.26. The van der Waals surface area contributed by atoms with E-state index in [2.05, 4.69) is 10.2 Å². The third kappa shape index (κ3) is 2.38. The molecule has 2 rings (SSSR count). The number of nitrogen functional groups attached to an aromatic ring is 1. The fraction of sp³-hybridized carbons (Fsp3) is 0.333. The molecule has 0 spiro atoms. The summed E-state index contributed by atoms with van der Waals surface area (Å²) in [5, 5.41) is 7.99. The smallest absolute Gasteiger partial charge is 0.170 e. The van der Waals surface area contributed by atoms with E-state index in [1.54, 1.807) is 0 Å². The SMILES string of the molecule is Cc1ccc(OCc2nnc(C)n2C)c(N)c1. The Kier molecular flexibility index (Phi) is 2.99. The third-order valence-electron chi connectivity index (χ3n) is 2.70. The Labute approximate surface area is 100 Å². The van der Waals surface area contributed by atoms with Gasteiger partial charge in [0.1, 0.15) is 18.2 Å². The molecule has 5 heteroatoms. The molecular weight excluding hydrogens is 216 g/mol. The van der Waals surface area contributed by atoms with Crippen molar-refractivity contribution in [2.24, 2.45) is 7.05 Å². The number of ether oxygens (including phenoxy) is 1. The molecule has 17 heavy (non-hydrogen) atoms. The first-order valence-electron chi connectivity index (χ1n) is 5.41. The molecule has 5 nitrogen and oxygen atoms in total. The molecule has 2 aromatic rings. The van der Waals surface area contributed by atoms with Crippen LogP contribution in [0.5, 0.6) is 5.75 Å². The van der Waals surface area contributed by atoms with E-state index in [0.717, 1.165) is 17.2 Å². The Bertz CT molecular complexity index is 533. The van der Waals surface area contributed by atoms with Crippen molar-refractivity contribution in [1.29, 1.82) is 0 Å². The van der Waals surface area contributed by atoms with E-state index in [0.29, 0.717) is 18.0 Å². The summed E-state index contributed by atoms with van der Waals surface area (Å²) in [4.78, 5) is 0. The second-order valence-corrected chi connectivity index (χ2v) is 4.05. The van der Waals surface area contributed by atoms with E-state index in [1.807, 2.05) is 43.7 Å². The molecule has 1 heterocycles. The highest BCUT2D eigenvalue weighted by Gasteiger charge is 2.07. The molecule has 0 aliphatic carbocycles. The fourth-order valence-electron chi connectivity index (χ4n) is 1.52. The minimum absolute atomic E-state index is 0.366. The topological polar surface area (TPSA) is 66.0 Å². The van der Waals surface area contributed by atoms with Gasteiger partial charge < -0.3 is 15.0 Å². The van der Waals surface area contributed by atoms with Crippen LogP contribution in [0, 0.1) is 13.8 Å². The minimum Gasteiger partial charge on any atom is -0.483 e. The Morgan fingerprint density at radius 3 is 2.65 bits per heavy atom. The van der Waals surface area contributed by atoms with Crippen molar-refractivity contribution in [3.8, 4) is 5.75 Å². The summed E-state index contributed by atoms with van der Waals surface area (Å²) in [5.74, 6) is 2.32. The molecule has 0 fully saturated rings. The van der Waals surface area contributed by atoms with Gasteiger partial charge in [0, 0.05) is 7.05 Å². The van der Waals surface area contributed by atoms with Crippen molar-refractivity contribution in [2.45, 2.75) is 20.5 Å². The van der Waals surface area contributed by atoms with Gasteiger partial charge in [0.15, 0.2) is 5.82 Å². The van der Waals surface area contributed by atoms with Crippen molar-refractivity contribution in [3.63, 3.8) is 0 Å². The molecule has 0 atom stereocenters. The number of rotatable bonds is 3. The van der Waals surface area contributed by atoms with Gasteiger partial charge in [0.2, 0.25) is 0 Å². The number of benzene rings is 1. The molecule has 0 amide bonds. The third-order valence-corrected chi connectivity index (χ3v) is 2.70. The molecular formula is C12H16N4O. The monoisotopic (exact) mass is 232 g/mol. The quantitative estimate of drug-likeness (QED) is 0.816. The molecule has 2 N–H and O–H groups in total. The van der Waals surface area contributed by atoms with Crippen molar-refractivity contribution in [2.75, 3.05) is 5.73 Å². The molecule has 0 aliphatic heterocycles. The lowest BCUT2D eigenvalue weighted by Crippen LogP contribution is -2.05. The van der Waals surface area contributed by atoms with Crippen LogP contribution in [-0.2, 0) is 13.7 Å². The number of hydrogen-bond donors (Lipinski definition) is 1. The lowest BCUT2D eigenvalue weighted by molar-refractivity contribution is 0.292. The van der Waals surface area contributed by atoms with Gasteiger partial charge in [0.25, 0.3) is 0 Å². The number of anilines is 1. The van der Waals surface area contributed by atoms with Gasteiger partial charge in [-0.05, 0) is 31.5 Å². The average Bonchev–Trinajstić information content (AvgIpc) is 2.59. The summed E-state index contributed by atoms with van der Waals surface area (Å²) in [6, 6.07) is 5.72. The summed E-state index contributed by atoms with van der Waals surface area (Å²) in [5.41, 5.74) is 7.62. The maximum Gasteiger partial charge on any atom is 0.170 e. The summed E-state index contributed by atoms with van der Waals surface area (Å²) in [7, 11) is 1.91. The van der Waals surface area contributed by atoms with Gasteiger partial charge in [-0.3, -0.25) is 0 Å². The molecule has 1 aromatic carbocycles. The Hall–Kier alpha value is -2.04. The number of hydrogen-bond acceptors (Lipinski definition) is 4. The van der Waals surface area contributed by atoms with Crippen LogP contribution in [-0.4, -0.2) is 14.8 Å². The Morgan fingerprint density at radius 2 is 2.06 bits per heavy atom. The predicted octanol–water partition coefficient (Wildman–Crippen LogP) is 1.59. The van der Waals surface area contributed by atoms with E-state index < -0.39 is 0 Å². The fourth-order valence-corrected chi connectivity index (χ4v) is 1.52. The number of aromatic nitrogens is 3. The first-order valence-corrected chi connectivity index (χ1v) is 5.41. The largest absolute Gasteiger partial charge is 0.483 e. The Morgan fingerprint density at radius 1 is 1.29 bits per heavy atom. The molecule has 0 bridgehead atoms. The maximum atomic E-state index is 5.86. The standard InChI is InChI=1S/C12H16N4O/c1-8-4-5-11(10(13)6-8)17-7-12-15-14-9(2)16(12)3/h4-6H,7,13H2,1-3H3. The van der Waals surface area contributed by atoms with Gasteiger partial charge in [-0.2, -0.15) is 0 Å². The van der Waals surface area contributed by atoms with Crippen LogP contribution in [0.25, 0.3) is 0 Å². The molecule has 0 radical (unpaired) electrons. The molecule has 0 aliphatic rings. The normalized spacial score (nSPS) is 10.5. The number of nitrogens with zero attached hydrogens (tertiary/aromatic N) is 3. The van der Waals surface area contributed by atoms with Gasteiger partial charge in [-0.1, -0.05) is 6.07 Å². The van der Waals surface area contributed by atoms with Crippen LogP contribution in [0.15, 0.2) is 18.2 Å². The average molecular weight is 232 g/mol. The lowest BCUT2D eigenvalue weighted by atomic mass is 10.2. The zero-order valence-corrected chi connectivity index (χ0v) is 10.3. The second-order valence-electron chi connectivity index (χ2n) is 4.05. The van der Waals surface area contributed by atoms with Crippen molar-refractivity contribution < 1.29 is 4.74 Å². The van der Waals surface area contributed by atoms with Crippen molar-refractivity contribution in [3.05, 3.63) is 35.4 Å². The number of nitrogens with two attached hydrogens (primary N) is 1. The Balaban J connectivity index is 2.10. The first-order chi connectivity index (χ1) is 8.08. The first kappa shape index (κ1) is 11.4. The molecule has 90 valence electrons. The van der Waals surface area contributed by atoms with Gasteiger partial charge in [-0.15, -0.1) is 10.2 Å². The highest BCUT2D eigenvalue weighted by atomic mass is 16.5. The molecule has 0 unspecified atom stereocenters. The highest BCUT2D eigenvalue weighted by Crippen LogP contribution is 2.22. The summed E-state index contributed by atoms with van der Waals surface area (Å²) >= 11 is 0. The second kappa shape index (κ2) is 4.45. The molecule has 0 saturated carbocycles. The summed E-state index contributed by atoms with van der Waals surface area (Å²) < 4.78 is 7.52. The van der Waals surface area contributed by atoms with Crippen LogP contribution in [0.4, 0.5) is 5.69 Å². The van der Waals surface area contributed by atoms with Gasteiger partial charge in [0.05, 0.1) is 5.69 Å². The van der Waals surface area contributed by atoms with Crippen LogP contribution in [0.3, 0.4) is 0 Å². The number of aryl methyl sites for hydroxylation is 2. The van der Waals surface area contributed by atoms with Gasteiger partial charge >= 0.3 is 0 Å². The van der Waals surface area contributed by atoms with E-state index in [1.165, 1.54) is 0 Å². The zero-order chi connectivity index (χ0) is 12.4. The van der Waals surface area contributed by atoms with E-state index in [4.69, 9.17) is 10.5 Å². The summed E-state index contributed by atoms with van der Waals surface area (Å²) in [6.07, 6.45) is 0. The van der Waals surface area contributed by atoms with Crippen LogP contribution in [0.1, 0.15) is 17.2 Å². The lowest BCUT2D eigenvalue weighted by Gasteiger charge is -2.09. The van der Waals surface area contributed by atoms with E-state index >= 15 is 0 Å². The van der Waals surface area contributed by atoms with Crippen LogP contribution in [0.2, 0.25) is 0 Å². The maximum absolute atomic E-state index is 5.86. The van der Waals surface area contributed by atoms with Crippen molar-refractivity contribution >= 4 is 5.69 Å². The van der Waals surface area contributed by atoms with E-state index in [-0.39, 0.29) is 0 Å². The van der Waals surface area contributed by atoms with Gasteiger partial charge in [-0.25, -0.2) is 0 Å². The predicted molar refractivity (Wildman–Crippen MR) is 65.7 cm³/mol. The molecule has 1 aromatic heterocycles. The van der Waals surface area contributed by atoms with Crippen molar-refractivity contribution in [1.82, 2.24) is 14.8 Å². The van der Waals surface area contributed by atoms with Crippen LogP contribution < -0.4 is 10.5 Å². The molecule has 0 saturated heterocycles. The van der Waals surface area contributed by atoms with E-state index in [9.17, 15) is 0 Å². The highest BCUT2D eigenvalue weighted by molar-refractivity contribution is 5.53. The zero-order valence-electron chi connectivity index (χ0n) is 10.3.